The van der Waals surface area contributed by atoms with Crippen LogP contribution >= 0.6 is 14.7 Å². The molecule has 30 valence electrons. The molecular formula is NiP2Pd. The molecule has 0 aliphatic rings. The van der Waals surface area contributed by atoms with Crippen LogP contribution in [0.4, 0.5) is 0 Å². The van der Waals surface area contributed by atoms with Crippen molar-refractivity contribution < 1.29 is 32.6 Å². The minimum Gasteiger partial charge on any atom is 0 e. The molecule has 0 saturated heterocycles. The third-order valence-electron chi connectivity index (χ3n) is 0. The van der Waals surface area contributed by atoms with E-state index in [1.807, 2.05) is 0 Å². The van der Waals surface area contributed by atoms with E-state index in [-0.39, 0.29) is 20.4 Å². The molecule has 0 aliphatic carbocycles. The van der Waals surface area contributed by atoms with E-state index in [1.165, 1.54) is 0 Å². The molecule has 0 aromatic carbocycles. The second-order valence-corrected chi connectivity index (χ2v) is 2.35. The molecule has 0 bridgehead atoms. The van der Waals surface area contributed by atoms with Crippen molar-refractivity contribution in [2.45, 2.75) is 0 Å². The molecular weight excluding hydrogens is 227 g/mol. The molecule has 4 heavy (non-hydrogen) atoms. The van der Waals surface area contributed by atoms with Crippen LogP contribution in [-0.2, 0) is 32.6 Å². The van der Waals surface area contributed by atoms with Crippen LogP contribution in [0.1, 0.15) is 0 Å². The first-order chi connectivity index (χ1) is 1.41. The van der Waals surface area contributed by atoms with Crippen LogP contribution < -0.4 is 0 Å². The Bertz CT molecular complexity index is 79.2. The summed E-state index contributed by atoms with van der Waals surface area (Å²) in [6, 6.07) is 0. The van der Waals surface area contributed by atoms with Crippen molar-refractivity contribution in [2.24, 2.45) is 0 Å². The van der Waals surface area contributed by atoms with Gasteiger partial charge in [-0.05, 0) is 0 Å². The third-order valence-corrected chi connectivity index (χ3v) is 0. The van der Waals surface area contributed by atoms with E-state index in [0.29, 0.717) is 0 Å². The van der Waals surface area contributed by atoms with Crippen LogP contribution in [0.3, 0.4) is 0 Å². The van der Waals surface area contributed by atoms with Gasteiger partial charge in [-0.2, -0.15) is 0 Å². The first-order valence-electron chi connectivity index (χ1n) is 0.283. The van der Waals surface area contributed by atoms with E-state index in [1.54, 1.807) is 0 Å². The molecule has 0 aromatic heterocycles. The maximum atomic E-state index is 3.59. The van der Waals surface area contributed by atoms with Crippen molar-refractivity contribution in [1.29, 1.82) is 0 Å². The molecule has 0 aliphatic heterocycles. The van der Waals surface area contributed by atoms with Gasteiger partial charge in [0.1, 0.15) is 0 Å². The summed E-state index contributed by atoms with van der Waals surface area (Å²) in [5.74, 6) is 0. The fourth-order valence-corrected chi connectivity index (χ4v) is 0. The van der Waals surface area contributed by atoms with Crippen molar-refractivity contribution >= 4 is 14.7 Å². The molecule has 0 N–H and O–H groups in total. The normalized spacial score (nSPS) is 3.50. The van der Waals surface area contributed by atoms with Crippen LogP contribution in [0.5, 0.6) is 0 Å². The van der Waals surface area contributed by atoms with Crippen LogP contribution in [0, 0.1) is 0 Å². The molecule has 0 fully saturated rings. The quantitative estimate of drug-likeness (QED) is 0.436. The third kappa shape index (κ3) is 8.99. The van der Waals surface area contributed by atoms with Crippen molar-refractivity contribution in [2.75, 3.05) is 0 Å². The number of hydrogen-bond acceptors (Lipinski definition) is 0. The summed E-state index contributed by atoms with van der Waals surface area (Å²) in [7, 11) is 7.18. The second-order valence-electron chi connectivity index (χ2n) is 0.0632. The van der Waals surface area contributed by atoms with Gasteiger partial charge >= 0.3 is 26.9 Å². The number of hydrogen-bond donors (Lipinski definition) is 0. The Labute approximate surface area is 47.3 Å². The van der Waals surface area contributed by atoms with E-state index >= 15 is 0 Å². The predicted molar refractivity (Wildman–Crippen MR) is 13.8 cm³/mol. The van der Waals surface area contributed by atoms with Crippen LogP contribution in [0.25, 0.3) is 0 Å². The van der Waals surface area contributed by atoms with Gasteiger partial charge in [0, 0.05) is 20.4 Å². The molecule has 4 heteroatoms. The molecule has 0 saturated carbocycles. The maximum absolute atomic E-state index is 3.59. The molecule has 0 unspecified atom stereocenters. The smallest absolute Gasteiger partial charge is 0 e. The molecule has 0 rings (SSSR count). The summed E-state index contributed by atoms with van der Waals surface area (Å²) in [6.45, 7) is 0. The van der Waals surface area contributed by atoms with Gasteiger partial charge in [-0.1, -0.05) is 0 Å². The van der Waals surface area contributed by atoms with E-state index in [0.717, 1.165) is 12.2 Å². The summed E-state index contributed by atoms with van der Waals surface area (Å²) in [5, 5.41) is 0. The Hall–Kier alpha value is 2.02. The Kier molecular flexibility index (Phi) is 20.9. The summed E-state index contributed by atoms with van der Waals surface area (Å²) in [5.41, 5.74) is 0. The fraction of sp³-hybridized carbons (Fsp3) is 0. The standard InChI is InChI=1S/Ni.2P.Pd. The van der Waals surface area contributed by atoms with Gasteiger partial charge in [-0.3, -0.25) is 0 Å². The largest absolute Gasteiger partial charge is 0 e. The minimum atomic E-state index is 0. The van der Waals surface area contributed by atoms with Crippen LogP contribution in [-0.4, -0.2) is 0 Å². The van der Waals surface area contributed by atoms with Crippen LogP contribution in [0.2, 0.25) is 0 Å². The molecule has 0 aromatic rings. The van der Waals surface area contributed by atoms with Gasteiger partial charge in [0.2, 0.25) is 0 Å². The Morgan fingerprint density at radius 1 is 1.25 bits per heavy atom. The van der Waals surface area contributed by atoms with E-state index in [9.17, 15) is 0 Å². The van der Waals surface area contributed by atoms with Gasteiger partial charge < -0.3 is 0 Å². The van der Waals surface area contributed by atoms with Gasteiger partial charge in [-0.25, -0.2) is 0 Å². The first kappa shape index (κ1) is 9.38. The molecule has 0 atom stereocenters. The second kappa shape index (κ2) is 8.89. The summed E-state index contributed by atoms with van der Waals surface area (Å²) < 4.78 is 0. The Balaban J connectivity index is 0. The molecule has 0 amide bonds. The van der Waals surface area contributed by atoms with Crippen molar-refractivity contribution in [3.8, 4) is 0 Å². The summed E-state index contributed by atoms with van der Waals surface area (Å²) in [6.07, 6.45) is 0. The molecule has 0 radical (unpaired) electrons. The van der Waals surface area contributed by atoms with Gasteiger partial charge in [0.25, 0.3) is 0 Å². The zero-order valence-electron chi connectivity index (χ0n) is 1.53. The van der Waals surface area contributed by atoms with E-state index in [4.69, 9.17) is 0 Å². The van der Waals surface area contributed by atoms with Crippen molar-refractivity contribution in [3.05, 3.63) is 0 Å². The molecule has 0 heterocycles. The summed E-state index contributed by atoms with van der Waals surface area (Å²) >= 11 is 1.01. The fourth-order valence-electron chi connectivity index (χ4n) is 0. The Morgan fingerprint density at radius 2 is 1.25 bits per heavy atom. The SMILES string of the molecule is [P]#[Ni]#[P].[Pd]. The van der Waals surface area contributed by atoms with Crippen molar-refractivity contribution in [1.82, 2.24) is 0 Å². The minimum absolute atomic E-state index is 0. The first-order valence-corrected chi connectivity index (χ1v) is 3.50. The molecule has 0 spiro atoms. The Morgan fingerprint density at radius 3 is 1.25 bits per heavy atom. The monoisotopic (exact) mass is 226 g/mol. The van der Waals surface area contributed by atoms with Gasteiger partial charge in [0.15, 0.2) is 0 Å². The van der Waals surface area contributed by atoms with Crippen LogP contribution in [0.15, 0.2) is 0 Å². The number of rotatable bonds is 0. The van der Waals surface area contributed by atoms with E-state index in [2.05, 4.69) is 14.7 Å². The van der Waals surface area contributed by atoms with E-state index < -0.39 is 0 Å². The van der Waals surface area contributed by atoms with Gasteiger partial charge in [0.05, 0.1) is 0 Å². The predicted octanol–water partition coefficient (Wildman–Crippen LogP) is 1.72. The maximum Gasteiger partial charge on any atom is 0 e. The zero-order chi connectivity index (χ0) is 2.71. The average Bonchev–Trinajstić information content (AvgIpc) is 0.918. The zero-order valence-corrected chi connectivity index (χ0v) is 5.86. The van der Waals surface area contributed by atoms with Crippen molar-refractivity contribution in [3.63, 3.8) is 0 Å². The topological polar surface area (TPSA) is 0 Å². The molecule has 0 nitrogen and oxygen atoms in total. The summed E-state index contributed by atoms with van der Waals surface area (Å²) in [4.78, 5) is 0. The average molecular weight is 227 g/mol. The van der Waals surface area contributed by atoms with Gasteiger partial charge in [-0.15, -0.1) is 0 Å².